The number of nitrogens with one attached hydrogen (secondary N) is 1. The Kier molecular flexibility index (Phi) is 3.82. The molecule has 1 aliphatic rings. The van der Waals surface area contributed by atoms with Crippen molar-refractivity contribution in [3.8, 4) is 5.75 Å². The van der Waals surface area contributed by atoms with E-state index in [0.717, 1.165) is 25.9 Å². The van der Waals surface area contributed by atoms with Crippen LogP contribution in [0.2, 0.25) is 0 Å². The topological polar surface area (TPSA) is 32.3 Å². The molecule has 0 amide bonds. The predicted octanol–water partition coefficient (Wildman–Crippen LogP) is 2.84. The van der Waals surface area contributed by atoms with E-state index in [1.165, 1.54) is 12.1 Å². The van der Waals surface area contributed by atoms with Crippen molar-refractivity contribution in [1.82, 2.24) is 5.32 Å². The van der Waals surface area contributed by atoms with Crippen LogP contribution in [0.4, 0.5) is 4.39 Å². The van der Waals surface area contributed by atoms with Crippen molar-refractivity contribution in [3.05, 3.63) is 28.0 Å². The van der Waals surface area contributed by atoms with Gasteiger partial charge in [-0.05, 0) is 66.3 Å². The van der Waals surface area contributed by atoms with Gasteiger partial charge >= 0.3 is 0 Å². The lowest BCUT2D eigenvalue weighted by molar-refractivity contribution is 0.363. The molecule has 1 aromatic rings. The van der Waals surface area contributed by atoms with Crippen molar-refractivity contribution in [2.45, 2.75) is 19.3 Å². The number of phenolic OH excluding ortho intramolecular Hbond substituents is 1. The molecule has 2 rings (SSSR count). The highest BCUT2D eigenvalue weighted by atomic mass is 79.9. The van der Waals surface area contributed by atoms with Gasteiger partial charge in [0.1, 0.15) is 11.6 Å². The third kappa shape index (κ3) is 2.55. The molecule has 1 aliphatic heterocycles. The van der Waals surface area contributed by atoms with E-state index >= 15 is 0 Å². The predicted molar refractivity (Wildman–Crippen MR) is 65.1 cm³/mol. The van der Waals surface area contributed by atoms with E-state index in [9.17, 15) is 9.50 Å². The van der Waals surface area contributed by atoms with E-state index in [1.807, 2.05) is 0 Å². The number of phenols is 1. The summed E-state index contributed by atoms with van der Waals surface area (Å²) in [6.45, 7) is 1.95. The van der Waals surface area contributed by atoms with Gasteiger partial charge in [-0.1, -0.05) is 0 Å². The zero-order valence-electron chi connectivity index (χ0n) is 8.97. The van der Waals surface area contributed by atoms with Gasteiger partial charge in [0.25, 0.3) is 0 Å². The van der Waals surface area contributed by atoms with Gasteiger partial charge in [0.05, 0.1) is 4.47 Å². The highest BCUT2D eigenvalue weighted by Gasteiger charge is 2.19. The largest absolute Gasteiger partial charge is 0.506 e. The van der Waals surface area contributed by atoms with Gasteiger partial charge < -0.3 is 10.4 Å². The van der Waals surface area contributed by atoms with Crippen molar-refractivity contribution in [2.75, 3.05) is 13.1 Å². The molecule has 2 nitrogen and oxygen atoms in total. The summed E-state index contributed by atoms with van der Waals surface area (Å²) < 4.78 is 14.1. The first kappa shape index (κ1) is 11.9. The molecule has 0 spiro atoms. The molecule has 0 saturated carbocycles. The molecule has 1 unspecified atom stereocenters. The van der Waals surface area contributed by atoms with Crippen LogP contribution in [0.3, 0.4) is 0 Å². The summed E-state index contributed by atoms with van der Waals surface area (Å²) in [6.07, 6.45) is 2.82. The third-order valence-corrected chi connectivity index (χ3v) is 3.71. The van der Waals surface area contributed by atoms with Gasteiger partial charge in [-0.15, -0.1) is 0 Å². The number of benzene rings is 1. The molecule has 2 N–H and O–H groups in total. The number of hydrogen-bond donors (Lipinski definition) is 2. The molecule has 0 aromatic heterocycles. The fourth-order valence-corrected chi connectivity index (χ4v) is 2.54. The van der Waals surface area contributed by atoms with Gasteiger partial charge in [0.15, 0.2) is 0 Å². The summed E-state index contributed by atoms with van der Waals surface area (Å²) in [5, 5.41) is 13.1. The quantitative estimate of drug-likeness (QED) is 0.877. The van der Waals surface area contributed by atoms with Gasteiger partial charge in [-0.25, -0.2) is 4.39 Å². The number of rotatable bonds is 2. The number of aromatic hydroxyl groups is 1. The van der Waals surface area contributed by atoms with Crippen molar-refractivity contribution in [3.63, 3.8) is 0 Å². The van der Waals surface area contributed by atoms with Crippen LogP contribution in [0, 0.1) is 11.7 Å². The van der Waals surface area contributed by atoms with Gasteiger partial charge in [0.2, 0.25) is 0 Å². The minimum atomic E-state index is -0.314. The van der Waals surface area contributed by atoms with Gasteiger partial charge in [0, 0.05) is 5.56 Å². The zero-order chi connectivity index (χ0) is 11.5. The number of halogens is 2. The second-order valence-corrected chi connectivity index (χ2v) is 5.13. The van der Waals surface area contributed by atoms with Crippen LogP contribution < -0.4 is 5.32 Å². The summed E-state index contributed by atoms with van der Waals surface area (Å²) >= 11 is 3.21. The monoisotopic (exact) mass is 287 g/mol. The molecule has 1 saturated heterocycles. The van der Waals surface area contributed by atoms with Crippen LogP contribution in [0.25, 0.3) is 0 Å². The highest BCUT2D eigenvalue weighted by molar-refractivity contribution is 9.10. The van der Waals surface area contributed by atoms with Crippen LogP contribution in [-0.2, 0) is 6.42 Å². The minimum absolute atomic E-state index is 0.0468. The summed E-state index contributed by atoms with van der Waals surface area (Å²) in [4.78, 5) is 0. The second-order valence-electron chi connectivity index (χ2n) is 4.27. The van der Waals surface area contributed by atoms with Crippen molar-refractivity contribution in [1.29, 1.82) is 0 Å². The fraction of sp³-hybridized carbons (Fsp3) is 0.500. The van der Waals surface area contributed by atoms with Crippen LogP contribution in [-0.4, -0.2) is 18.2 Å². The molecule has 0 radical (unpaired) electrons. The van der Waals surface area contributed by atoms with Crippen LogP contribution in [0.5, 0.6) is 5.75 Å². The van der Waals surface area contributed by atoms with Crippen LogP contribution in [0.15, 0.2) is 16.6 Å². The molecule has 1 fully saturated rings. The Morgan fingerprint density at radius 2 is 2.31 bits per heavy atom. The standard InChI is InChI=1S/C12H15BrFNO/c13-10-3-4-11(14)9(12(10)16)6-8-2-1-5-15-7-8/h3-4,8,15-16H,1-2,5-7H2. The molecular formula is C12H15BrFNO. The smallest absolute Gasteiger partial charge is 0.135 e. The Hall–Kier alpha value is -0.610. The summed E-state index contributed by atoms with van der Waals surface area (Å²) in [5.41, 5.74) is 0.433. The van der Waals surface area contributed by atoms with E-state index in [4.69, 9.17) is 0 Å². The van der Waals surface area contributed by atoms with Crippen LogP contribution in [0.1, 0.15) is 18.4 Å². The zero-order valence-corrected chi connectivity index (χ0v) is 10.6. The molecule has 1 aromatic carbocycles. The maximum atomic E-state index is 13.6. The maximum Gasteiger partial charge on any atom is 0.135 e. The third-order valence-electron chi connectivity index (χ3n) is 3.07. The lowest BCUT2D eigenvalue weighted by atomic mass is 9.92. The number of piperidine rings is 1. The molecular weight excluding hydrogens is 273 g/mol. The van der Waals surface area contributed by atoms with Crippen molar-refractivity contribution < 1.29 is 9.50 Å². The van der Waals surface area contributed by atoms with Crippen molar-refractivity contribution in [2.24, 2.45) is 5.92 Å². The average Bonchev–Trinajstić information content (AvgIpc) is 2.31. The van der Waals surface area contributed by atoms with E-state index < -0.39 is 0 Å². The lowest BCUT2D eigenvalue weighted by Gasteiger charge is -2.23. The maximum absolute atomic E-state index is 13.6. The van der Waals surface area contributed by atoms with Crippen LogP contribution >= 0.6 is 15.9 Å². The molecule has 88 valence electrons. The lowest BCUT2D eigenvalue weighted by Crippen LogP contribution is -2.31. The van der Waals surface area contributed by atoms with E-state index in [2.05, 4.69) is 21.2 Å². The molecule has 16 heavy (non-hydrogen) atoms. The molecule has 1 atom stereocenters. The average molecular weight is 288 g/mol. The summed E-state index contributed by atoms with van der Waals surface area (Å²) in [7, 11) is 0. The highest BCUT2D eigenvalue weighted by Crippen LogP contribution is 2.32. The molecule has 1 heterocycles. The normalized spacial score (nSPS) is 21.0. The molecule has 4 heteroatoms. The van der Waals surface area contributed by atoms with Gasteiger partial charge in [-0.2, -0.15) is 0 Å². The Morgan fingerprint density at radius 3 is 3.00 bits per heavy atom. The Labute approximate surface area is 103 Å². The first-order valence-corrected chi connectivity index (χ1v) is 6.34. The first-order valence-electron chi connectivity index (χ1n) is 5.55. The molecule has 0 aliphatic carbocycles. The summed E-state index contributed by atoms with van der Waals surface area (Å²) in [6, 6.07) is 2.93. The Balaban J connectivity index is 2.16. The Morgan fingerprint density at radius 1 is 1.50 bits per heavy atom. The van der Waals surface area contributed by atoms with E-state index in [-0.39, 0.29) is 11.6 Å². The SMILES string of the molecule is Oc1c(Br)ccc(F)c1CC1CCCNC1. The minimum Gasteiger partial charge on any atom is -0.506 e. The first-order chi connectivity index (χ1) is 7.68. The van der Waals surface area contributed by atoms with Crippen molar-refractivity contribution >= 4 is 15.9 Å². The van der Waals surface area contributed by atoms with Gasteiger partial charge in [-0.3, -0.25) is 0 Å². The Bertz CT molecular complexity index is 378. The fourth-order valence-electron chi connectivity index (χ4n) is 2.16. The van der Waals surface area contributed by atoms with E-state index in [1.54, 1.807) is 0 Å². The van der Waals surface area contributed by atoms with E-state index in [0.29, 0.717) is 22.4 Å². The molecule has 0 bridgehead atoms. The second kappa shape index (κ2) is 5.15. The summed E-state index contributed by atoms with van der Waals surface area (Å²) in [5.74, 6) is 0.153. The number of hydrogen-bond acceptors (Lipinski definition) is 2.